The topological polar surface area (TPSA) is 56.0 Å². The largest absolute Gasteiger partial charge is 0.396 e. The number of nitriles is 1. The number of nitrogens with zero attached hydrogens (tertiary/aromatic N) is 1. The molecule has 1 atom stereocenters. The van der Waals surface area contributed by atoms with Crippen LogP contribution in [0.15, 0.2) is 0 Å². The van der Waals surface area contributed by atoms with Gasteiger partial charge in [-0.05, 0) is 19.1 Å². The Kier molecular flexibility index (Phi) is 9.66. The van der Waals surface area contributed by atoms with E-state index < -0.39 is 0 Å². The van der Waals surface area contributed by atoms with Crippen molar-refractivity contribution in [1.82, 2.24) is 5.32 Å². The van der Waals surface area contributed by atoms with Crippen LogP contribution in [-0.2, 0) is 0 Å². The second-order valence-corrected chi connectivity index (χ2v) is 4.15. The van der Waals surface area contributed by atoms with E-state index in [1.165, 1.54) is 0 Å². The van der Waals surface area contributed by atoms with Gasteiger partial charge in [-0.3, -0.25) is 0 Å². The summed E-state index contributed by atoms with van der Waals surface area (Å²) in [6.45, 7) is 3.91. The van der Waals surface area contributed by atoms with E-state index in [9.17, 15) is 0 Å². The predicted molar refractivity (Wildman–Crippen MR) is 56.7 cm³/mol. The normalized spacial score (nSPS) is 12.4. The number of nitrogens with one attached hydrogen (secondary N) is 1. The standard InChI is InChI=1S/C9H18N2OS/c1-9(7-10)8-11-3-6-13-5-2-4-12/h9,11-12H,2-6,8H2,1H3. The maximum Gasteiger partial charge on any atom is 0.0666 e. The average molecular weight is 202 g/mol. The monoisotopic (exact) mass is 202 g/mol. The van der Waals surface area contributed by atoms with Crippen LogP contribution in [0.1, 0.15) is 13.3 Å². The molecule has 13 heavy (non-hydrogen) atoms. The molecule has 0 radical (unpaired) electrons. The minimum absolute atomic E-state index is 0.0995. The van der Waals surface area contributed by atoms with Gasteiger partial charge in [-0.2, -0.15) is 17.0 Å². The van der Waals surface area contributed by atoms with Gasteiger partial charge in [-0.25, -0.2) is 0 Å². The van der Waals surface area contributed by atoms with E-state index in [0.29, 0.717) is 0 Å². The Balaban J connectivity index is 2.96. The summed E-state index contributed by atoms with van der Waals surface area (Å²) in [5.74, 6) is 2.17. The summed E-state index contributed by atoms with van der Waals surface area (Å²) < 4.78 is 0. The van der Waals surface area contributed by atoms with Crippen LogP contribution >= 0.6 is 11.8 Å². The van der Waals surface area contributed by atoms with Crippen molar-refractivity contribution in [2.45, 2.75) is 13.3 Å². The Labute approximate surface area is 84.5 Å². The Morgan fingerprint density at radius 2 is 2.31 bits per heavy atom. The molecular formula is C9H18N2OS. The fourth-order valence-corrected chi connectivity index (χ4v) is 1.60. The Bertz CT molecular complexity index is 147. The minimum Gasteiger partial charge on any atom is -0.396 e. The number of aliphatic hydroxyl groups excluding tert-OH is 1. The van der Waals surface area contributed by atoms with E-state index in [2.05, 4.69) is 11.4 Å². The van der Waals surface area contributed by atoms with Gasteiger partial charge in [0.2, 0.25) is 0 Å². The van der Waals surface area contributed by atoms with Crippen LogP contribution in [0.25, 0.3) is 0 Å². The van der Waals surface area contributed by atoms with Gasteiger partial charge >= 0.3 is 0 Å². The minimum atomic E-state index is 0.0995. The van der Waals surface area contributed by atoms with E-state index in [-0.39, 0.29) is 12.5 Å². The van der Waals surface area contributed by atoms with Crippen molar-refractivity contribution in [3.63, 3.8) is 0 Å². The van der Waals surface area contributed by atoms with Crippen LogP contribution in [0.3, 0.4) is 0 Å². The number of hydrogen-bond acceptors (Lipinski definition) is 4. The van der Waals surface area contributed by atoms with Gasteiger partial charge in [0.15, 0.2) is 0 Å². The highest BCUT2D eigenvalue weighted by molar-refractivity contribution is 7.99. The van der Waals surface area contributed by atoms with E-state index in [4.69, 9.17) is 10.4 Å². The number of thioether (sulfide) groups is 1. The zero-order valence-electron chi connectivity index (χ0n) is 8.12. The zero-order chi connectivity index (χ0) is 9.94. The smallest absolute Gasteiger partial charge is 0.0666 e. The number of rotatable bonds is 8. The van der Waals surface area contributed by atoms with Crippen molar-refractivity contribution < 1.29 is 5.11 Å². The highest BCUT2D eigenvalue weighted by atomic mass is 32.2. The lowest BCUT2D eigenvalue weighted by Gasteiger charge is -2.04. The lowest BCUT2D eigenvalue weighted by molar-refractivity contribution is 0.296. The van der Waals surface area contributed by atoms with Gasteiger partial charge in [0.05, 0.1) is 12.0 Å². The van der Waals surface area contributed by atoms with Crippen molar-refractivity contribution in [2.24, 2.45) is 5.92 Å². The van der Waals surface area contributed by atoms with Crippen molar-refractivity contribution in [3.05, 3.63) is 0 Å². The van der Waals surface area contributed by atoms with E-state index >= 15 is 0 Å². The van der Waals surface area contributed by atoms with Crippen LogP contribution < -0.4 is 5.32 Å². The van der Waals surface area contributed by atoms with Crippen LogP contribution in [0.4, 0.5) is 0 Å². The third-order valence-corrected chi connectivity index (χ3v) is 2.61. The molecule has 2 N–H and O–H groups in total. The number of hydrogen-bond donors (Lipinski definition) is 2. The fraction of sp³-hybridized carbons (Fsp3) is 0.889. The second-order valence-electron chi connectivity index (χ2n) is 2.92. The molecule has 0 saturated heterocycles. The van der Waals surface area contributed by atoms with E-state index in [0.717, 1.165) is 31.0 Å². The molecule has 1 unspecified atom stereocenters. The zero-order valence-corrected chi connectivity index (χ0v) is 8.94. The summed E-state index contributed by atoms with van der Waals surface area (Å²) >= 11 is 1.83. The summed E-state index contributed by atoms with van der Waals surface area (Å²) in [5, 5.41) is 20.2. The van der Waals surface area contributed by atoms with E-state index in [1.54, 1.807) is 0 Å². The average Bonchev–Trinajstić information content (AvgIpc) is 2.16. The predicted octanol–water partition coefficient (Wildman–Crippen LogP) is 0.851. The summed E-state index contributed by atoms with van der Waals surface area (Å²) in [4.78, 5) is 0. The third kappa shape index (κ3) is 9.68. The quantitative estimate of drug-likeness (QED) is 0.573. The SMILES string of the molecule is CC(C#N)CNCCSCCCO. The van der Waals surface area contributed by atoms with Crippen molar-refractivity contribution in [2.75, 3.05) is 31.2 Å². The molecule has 0 aromatic carbocycles. The molecule has 0 aromatic rings. The van der Waals surface area contributed by atoms with Crippen LogP contribution in [0.2, 0.25) is 0 Å². The molecule has 0 amide bonds. The fourth-order valence-electron chi connectivity index (χ4n) is 0.777. The molecule has 0 rings (SSSR count). The highest BCUT2D eigenvalue weighted by Gasteiger charge is 1.96. The first-order valence-electron chi connectivity index (χ1n) is 4.60. The first kappa shape index (κ1) is 12.8. The van der Waals surface area contributed by atoms with Crippen LogP contribution in [-0.4, -0.2) is 36.3 Å². The molecule has 3 nitrogen and oxygen atoms in total. The second kappa shape index (κ2) is 9.85. The molecule has 0 heterocycles. The maximum absolute atomic E-state index is 8.51. The lowest BCUT2D eigenvalue weighted by Crippen LogP contribution is -2.22. The van der Waals surface area contributed by atoms with Gasteiger partial charge in [-0.1, -0.05) is 0 Å². The molecule has 0 aliphatic rings. The van der Waals surface area contributed by atoms with Gasteiger partial charge in [0.1, 0.15) is 0 Å². The highest BCUT2D eigenvalue weighted by Crippen LogP contribution is 2.00. The van der Waals surface area contributed by atoms with Crippen molar-refractivity contribution in [3.8, 4) is 6.07 Å². The maximum atomic E-state index is 8.51. The molecule has 4 heteroatoms. The molecule has 0 aromatic heterocycles. The first-order valence-corrected chi connectivity index (χ1v) is 5.75. The lowest BCUT2D eigenvalue weighted by atomic mass is 10.2. The van der Waals surface area contributed by atoms with Crippen molar-refractivity contribution in [1.29, 1.82) is 5.26 Å². The molecule has 0 spiro atoms. The number of aliphatic hydroxyl groups is 1. The van der Waals surface area contributed by atoms with Gasteiger partial charge in [0, 0.05) is 25.4 Å². The molecule has 0 bridgehead atoms. The van der Waals surface area contributed by atoms with E-state index in [1.807, 2.05) is 18.7 Å². The third-order valence-electron chi connectivity index (χ3n) is 1.54. The summed E-state index contributed by atoms with van der Waals surface area (Å²) in [7, 11) is 0. The van der Waals surface area contributed by atoms with Gasteiger partial charge in [0.25, 0.3) is 0 Å². The summed E-state index contributed by atoms with van der Waals surface area (Å²) in [6, 6.07) is 2.17. The Morgan fingerprint density at radius 1 is 1.54 bits per heavy atom. The van der Waals surface area contributed by atoms with Crippen LogP contribution in [0, 0.1) is 17.2 Å². The molecule has 0 fully saturated rings. The van der Waals surface area contributed by atoms with Gasteiger partial charge < -0.3 is 10.4 Å². The summed E-state index contributed by atoms with van der Waals surface area (Å²) in [5.41, 5.74) is 0. The van der Waals surface area contributed by atoms with Gasteiger partial charge in [-0.15, -0.1) is 0 Å². The Morgan fingerprint density at radius 3 is 2.92 bits per heavy atom. The first-order chi connectivity index (χ1) is 6.31. The molecule has 76 valence electrons. The molecule has 0 saturated carbocycles. The molecular weight excluding hydrogens is 184 g/mol. The molecule has 0 aliphatic heterocycles. The summed E-state index contributed by atoms with van der Waals surface area (Å²) in [6.07, 6.45) is 0.874. The Hall–Kier alpha value is -0.240. The van der Waals surface area contributed by atoms with Crippen molar-refractivity contribution >= 4 is 11.8 Å². The van der Waals surface area contributed by atoms with Crippen LogP contribution in [0.5, 0.6) is 0 Å². The molecule has 0 aliphatic carbocycles.